The molecule has 0 aromatic carbocycles. The van der Waals surface area contributed by atoms with Gasteiger partial charge in [0.15, 0.2) is 5.69 Å². The third kappa shape index (κ3) is 2.65. The van der Waals surface area contributed by atoms with Crippen LogP contribution in [-0.4, -0.2) is 25.1 Å². The Hall–Kier alpha value is -3.41. The molecule has 0 spiro atoms. The van der Waals surface area contributed by atoms with E-state index >= 15 is 0 Å². The van der Waals surface area contributed by atoms with Crippen LogP contribution >= 0.6 is 0 Å². The second-order valence-corrected chi connectivity index (χ2v) is 5.37. The molecule has 4 aromatic heterocycles. The predicted octanol–water partition coefficient (Wildman–Crippen LogP) is 2.45. The fourth-order valence-corrected chi connectivity index (χ4v) is 2.57. The molecule has 0 aliphatic rings. The molecule has 6 nitrogen and oxygen atoms in total. The lowest BCUT2D eigenvalue weighted by atomic mass is 10.2. The normalized spacial score (nSPS) is 10.8. The molecule has 1 N–H and O–H groups in total. The minimum atomic E-state index is -0.202. The van der Waals surface area contributed by atoms with E-state index in [0.29, 0.717) is 12.2 Å². The van der Waals surface area contributed by atoms with E-state index in [9.17, 15) is 4.79 Å². The van der Waals surface area contributed by atoms with Crippen LogP contribution in [0.1, 0.15) is 16.1 Å². The number of hydrogen-bond acceptors (Lipinski definition) is 3. The van der Waals surface area contributed by atoms with Crippen molar-refractivity contribution in [2.45, 2.75) is 6.54 Å². The van der Waals surface area contributed by atoms with E-state index in [1.54, 1.807) is 29.3 Å². The lowest BCUT2D eigenvalue weighted by molar-refractivity contribution is 0.0945. The van der Waals surface area contributed by atoms with Gasteiger partial charge < -0.3 is 9.72 Å². The van der Waals surface area contributed by atoms with Gasteiger partial charge in [-0.2, -0.15) is 5.10 Å². The number of carbonyl (C=O) groups excluding carboxylic acids is 1. The van der Waals surface area contributed by atoms with Crippen molar-refractivity contribution in [1.82, 2.24) is 24.5 Å². The fraction of sp³-hybridized carbons (Fsp3) is 0.0556. The van der Waals surface area contributed by atoms with Crippen LogP contribution in [0.15, 0.2) is 73.3 Å². The highest BCUT2D eigenvalue weighted by Gasteiger charge is 2.11. The van der Waals surface area contributed by atoms with Gasteiger partial charge in [0, 0.05) is 36.8 Å². The summed E-state index contributed by atoms with van der Waals surface area (Å²) in [5.74, 6) is 0.685. The Labute approximate surface area is 138 Å². The van der Waals surface area contributed by atoms with E-state index in [2.05, 4.69) is 15.4 Å². The third-order valence-corrected chi connectivity index (χ3v) is 3.80. The van der Waals surface area contributed by atoms with Gasteiger partial charge >= 0.3 is 0 Å². The number of aromatic nitrogens is 4. The zero-order valence-corrected chi connectivity index (χ0v) is 12.8. The van der Waals surface area contributed by atoms with Gasteiger partial charge in [0.25, 0.3) is 5.91 Å². The van der Waals surface area contributed by atoms with E-state index < -0.39 is 0 Å². The molecule has 0 aliphatic carbocycles. The van der Waals surface area contributed by atoms with E-state index in [0.717, 1.165) is 16.9 Å². The smallest absolute Gasteiger partial charge is 0.272 e. The largest absolute Gasteiger partial charge is 0.347 e. The average molecular weight is 317 g/mol. The summed E-state index contributed by atoms with van der Waals surface area (Å²) >= 11 is 0. The molecule has 0 atom stereocenters. The Balaban J connectivity index is 1.53. The van der Waals surface area contributed by atoms with Crippen LogP contribution in [-0.2, 0) is 6.54 Å². The lowest BCUT2D eigenvalue weighted by Crippen LogP contribution is -2.23. The van der Waals surface area contributed by atoms with Crippen molar-refractivity contribution in [2.75, 3.05) is 0 Å². The number of amides is 1. The lowest BCUT2D eigenvalue weighted by Gasteiger charge is -2.04. The van der Waals surface area contributed by atoms with Crippen LogP contribution in [0, 0.1) is 0 Å². The summed E-state index contributed by atoms with van der Waals surface area (Å²) in [4.78, 5) is 16.2. The number of rotatable bonds is 4. The summed E-state index contributed by atoms with van der Waals surface area (Å²) in [5.41, 5.74) is 2.46. The number of pyridine rings is 2. The molecule has 4 aromatic rings. The molecule has 4 heterocycles. The number of nitrogens with one attached hydrogen (secondary N) is 1. The van der Waals surface area contributed by atoms with Crippen LogP contribution in [0.5, 0.6) is 0 Å². The first-order chi connectivity index (χ1) is 11.8. The molecule has 0 unspecified atom stereocenters. The number of fused-ring (bicyclic) bond motifs is 1. The highest BCUT2D eigenvalue weighted by molar-refractivity contribution is 5.92. The molecule has 0 radical (unpaired) electrons. The molecule has 4 rings (SSSR count). The molecular weight excluding hydrogens is 302 g/mol. The first kappa shape index (κ1) is 14.2. The Morgan fingerprint density at radius 3 is 2.75 bits per heavy atom. The fourth-order valence-electron chi connectivity index (χ4n) is 2.57. The second kappa shape index (κ2) is 6.00. The van der Waals surface area contributed by atoms with Crippen LogP contribution in [0.4, 0.5) is 0 Å². The van der Waals surface area contributed by atoms with E-state index in [4.69, 9.17) is 0 Å². The van der Waals surface area contributed by atoms with Crippen molar-refractivity contribution < 1.29 is 4.79 Å². The van der Waals surface area contributed by atoms with Crippen molar-refractivity contribution in [1.29, 1.82) is 0 Å². The SMILES string of the molecule is O=C(NCc1ccncc1)c1ccn(-c2ccc3ccccn23)n1. The first-order valence-electron chi connectivity index (χ1n) is 7.60. The van der Waals surface area contributed by atoms with Crippen molar-refractivity contribution in [3.8, 4) is 5.82 Å². The van der Waals surface area contributed by atoms with E-state index in [1.807, 2.05) is 53.1 Å². The summed E-state index contributed by atoms with van der Waals surface area (Å²) < 4.78 is 3.72. The van der Waals surface area contributed by atoms with Gasteiger partial charge in [-0.3, -0.25) is 9.78 Å². The second-order valence-electron chi connectivity index (χ2n) is 5.37. The first-order valence-corrected chi connectivity index (χ1v) is 7.60. The summed E-state index contributed by atoms with van der Waals surface area (Å²) in [5, 5.41) is 7.25. The average Bonchev–Trinajstić information content (AvgIpc) is 3.27. The number of hydrogen-bond donors (Lipinski definition) is 1. The Kier molecular flexibility index (Phi) is 3.55. The third-order valence-electron chi connectivity index (χ3n) is 3.80. The van der Waals surface area contributed by atoms with Gasteiger partial charge in [-0.05, 0) is 48.0 Å². The van der Waals surface area contributed by atoms with Gasteiger partial charge in [0.1, 0.15) is 5.82 Å². The molecule has 0 fully saturated rings. The molecule has 0 saturated heterocycles. The molecule has 0 bridgehead atoms. The molecule has 24 heavy (non-hydrogen) atoms. The molecule has 6 heteroatoms. The van der Waals surface area contributed by atoms with E-state index in [-0.39, 0.29) is 5.91 Å². The zero-order valence-electron chi connectivity index (χ0n) is 12.8. The van der Waals surface area contributed by atoms with Crippen molar-refractivity contribution in [3.05, 3.63) is 84.6 Å². The minimum absolute atomic E-state index is 0.202. The summed E-state index contributed by atoms with van der Waals surface area (Å²) in [6.45, 7) is 0.447. The Morgan fingerprint density at radius 2 is 1.88 bits per heavy atom. The van der Waals surface area contributed by atoms with Gasteiger partial charge in [0.05, 0.1) is 0 Å². The van der Waals surface area contributed by atoms with Gasteiger partial charge in [0.2, 0.25) is 0 Å². The highest BCUT2D eigenvalue weighted by Crippen LogP contribution is 2.14. The number of carbonyl (C=O) groups is 1. The molecule has 0 aliphatic heterocycles. The van der Waals surface area contributed by atoms with Crippen LogP contribution in [0.3, 0.4) is 0 Å². The summed E-state index contributed by atoms with van der Waals surface area (Å²) in [7, 11) is 0. The Bertz CT molecular complexity index is 987. The highest BCUT2D eigenvalue weighted by atomic mass is 16.1. The summed E-state index contributed by atoms with van der Waals surface area (Å²) in [6, 6.07) is 15.4. The van der Waals surface area contributed by atoms with Gasteiger partial charge in [-0.1, -0.05) is 6.07 Å². The van der Waals surface area contributed by atoms with Crippen LogP contribution in [0.2, 0.25) is 0 Å². The quantitative estimate of drug-likeness (QED) is 0.629. The van der Waals surface area contributed by atoms with Crippen LogP contribution in [0.25, 0.3) is 11.3 Å². The molecular formula is C18H15N5O. The van der Waals surface area contributed by atoms with Crippen molar-refractivity contribution in [2.24, 2.45) is 0 Å². The molecule has 118 valence electrons. The van der Waals surface area contributed by atoms with Gasteiger partial charge in [-0.15, -0.1) is 0 Å². The minimum Gasteiger partial charge on any atom is -0.347 e. The Morgan fingerprint density at radius 1 is 1.00 bits per heavy atom. The number of nitrogens with zero attached hydrogens (tertiary/aromatic N) is 4. The standard InChI is InChI=1S/C18H15N5O/c24-18(20-13-14-6-9-19-10-7-14)16-8-12-23(21-16)17-5-4-15-3-1-2-11-22(15)17/h1-12H,13H2,(H,20,24). The van der Waals surface area contributed by atoms with Crippen LogP contribution < -0.4 is 5.32 Å². The predicted molar refractivity (Wildman–Crippen MR) is 89.9 cm³/mol. The topological polar surface area (TPSA) is 64.2 Å². The van der Waals surface area contributed by atoms with Crippen molar-refractivity contribution in [3.63, 3.8) is 0 Å². The molecule has 0 saturated carbocycles. The zero-order chi connectivity index (χ0) is 16.4. The maximum absolute atomic E-state index is 12.3. The maximum atomic E-state index is 12.3. The molecule has 1 amide bonds. The summed E-state index contributed by atoms with van der Waals surface area (Å²) in [6.07, 6.45) is 7.16. The van der Waals surface area contributed by atoms with E-state index in [1.165, 1.54) is 0 Å². The van der Waals surface area contributed by atoms with Crippen molar-refractivity contribution >= 4 is 11.4 Å². The van der Waals surface area contributed by atoms with Gasteiger partial charge in [-0.25, -0.2) is 4.68 Å². The monoisotopic (exact) mass is 317 g/mol. The maximum Gasteiger partial charge on any atom is 0.272 e.